The van der Waals surface area contributed by atoms with E-state index in [4.69, 9.17) is 4.74 Å². The summed E-state index contributed by atoms with van der Waals surface area (Å²) in [6.45, 7) is 1.14. The highest BCUT2D eigenvalue weighted by molar-refractivity contribution is 6.04. The zero-order valence-electron chi connectivity index (χ0n) is 12.9. The molecule has 5 nitrogen and oxygen atoms in total. The highest BCUT2D eigenvalue weighted by Gasteiger charge is 2.22. The number of amides is 3. The lowest BCUT2D eigenvalue weighted by Gasteiger charge is -2.28. The van der Waals surface area contributed by atoms with E-state index in [0.717, 1.165) is 12.0 Å². The molecule has 0 saturated carbocycles. The van der Waals surface area contributed by atoms with Crippen LogP contribution in [-0.4, -0.2) is 30.5 Å². The van der Waals surface area contributed by atoms with Gasteiger partial charge in [0, 0.05) is 18.7 Å². The summed E-state index contributed by atoms with van der Waals surface area (Å²) in [5, 5.41) is 2.44. The summed E-state index contributed by atoms with van der Waals surface area (Å²) in [7, 11) is 1.56. The van der Waals surface area contributed by atoms with E-state index in [1.165, 1.54) is 5.56 Å². The van der Waals surface area contributed by atoms with Gasteiger partial charge in [0.1, 0.15) is 5.75 Å². The zero-order chi connectivity index (χ0) is 16.2. The van der Waals surface area contributed by atoms with Gasteiger partial charge < -0.3 is 9.64 Å². The molecule has 2 aromatic carbocycles. The molecule has 3 amide bonds. The number of methoxy groups -OCH3 is 1. The fourth-order valence-electron chi connectivity index (χ4n) is 2.66. The Morgan fingerprint density at radius 1 is 1.04 bits per heavy atom. The molecule has 1 N–H and O–H groups in total. The lowest BCUT2D eigenvalue weighted by Crippen LogP contribution is -2.45. The first kappa shape index (κ1) is 15.1. The Hall–Kier alpha value is -2.82. The summed E-state index contributed by atoms with van der Waals surface area (Å²) in [4.78, 5) is 26.1. The molecule has 0 radical (unpaired) electrons. The van der Waals surface area contributed by atoms with Crippen LogP contribution in [0.2, 0.25) is 0 Å². The predicted molar refractivity (Wildman–Crippen MR) is 86.4 cm³/mol. The first-order chi connectivity index (χ1) is 11.2. The molecule has 118 valence electrons. The summed E-state index contributed by atoms with van der Waals surface area (Å²) in [6.07, 6.45) is 0.806. The number of nitrogens with one attached hydrogen (secondary N) is 1. The fraction of sp³-hybridized carbons (Fsp3) is 0.222. The average molecular weight is 310 g/mol. The molecular weight excluding hydrogens is 292 g/mol. The molecule has 0 aromatic heterocycles. The maximum Gasteiger partial charge on any atom is 0.324 e. The number of ether oxygens (including phenoxy) is 1. The first-order valence-electron chi connectivity index (χ1n) is 7.48. The minimum atomic E-state index is -0.406. The number of hydrogen-bond acceptors (Lipinski definition) is 3. The van der Waals surface area contributed by atoms with Crippen LogP contribution in [0.5, 0.6) is 5.75 Å². The number of fused-ring (bicyclic) bond motifs is 1. The van der Waals surface area contributed by atoms with Gasteiger partial charge in [0.25, 0.3) is 5.91 Å². The van der Waals surface area contributed by atoms with Crippen molar-refractivity contribution in [2.24, 2.45) is 0 Å². The van der Waals surface area contributed by atoms with Crippen molar-refractivity contribution in [3.8, 4) is 5.75 Å². The Bertz CT molecular complexity index is 725. The summed E-state index contributed by atoms with van der Waals surface area (Å²) in [5.41, 5.74) is 2.82. The van der Waals surface area contributed by atoms with Crippen LogP contribution in [0.15, 0.2) is 48.5 Å². The number of urea groups is 1. The van der Waals surface area contributed by atoms with E-state index in [1.807, 2.05) is 18.2 Å². The molecule has 0 unspecified atom stereocenters. The maximum absolute atomic E-state index is 12.3. The molecule has 5 heteroatoms. The Morgan fingerprint density at radius 2 is 1.74 bits per heavy atom. The maximum atomic E-state index is 12.3. The molecule has 23 heavy (non-hydrogen) atoms. The largest absolute Gasteiger partial charge is 0.497 e. The molecule has 0 bridgehead atoms. The molecule has 0 spiro atoms. The quantitative estimate of drug-likeness (QED) is 0.927. The molecule has 2 aromatic rings. The van der Waals surface area contributed by atoms with Gasteiger partial charge >= 0.3 is 6.03 Å². The highest BCUT2D eigenvalue weighted by atomic mass is 16.5. The lowest BCUT2D eigenvalue weighted by molar-refractivity contribution is 0.0950. The third kappa shape index (κ3) is 3.34. The van der Waals surface area contributed by atoms with Crippen LogP contribution in [0.3, 0.4) is 0 Å². The molecule has 1 aliphatic heterocycles. The van der Waals surface area contributed by atoms with Crippen molar-refractivity contribution in [1.82, 2.24) is 10.2 Å². The second-order valence-electron chi connectivity index (χ2n) is 5.43. The van der Waals surface area contributed by atoms with Crippen LogP contribution in [0, 0.1) is 0 Å². The Labute approximate surface area is 134 Å². The predicted octanol–water partition coefficient (Wildman–Crippen LogP) is 2.60. The van der Waals surface area contributed by atoms with E-state index in [1.54, 1.807) is 36.3 Å². The summed E-state index contributed by atoms with van der Waals surface area (Å²) in [5.74, 6) is 0.261. The highest BCUT2D eigenvalue weighted by Crippen LogP contribution is 2.18. The van der Waals surface area contributed by atoms with Crippen LogP contribution in [0.4, 0.5) is 4.79 Å². The second kappa shape index (κ2) is 6.52. The summed E-state index contributed by atoms with van der Waals surface area (Å²) < 4.78 is 5.05. The van der Waals surface area contributed by atoms with Crippen molar-refractivity contribution in [2.75, 3.05) is 13.7 Å². The minimum Gasteiger partial charge on any atom is -0.497 e. The van der Waals surface area contributed by atoms with Crippen molar-refractivity contribution in [3.05, 3.63) is 65.2 Å². The average Bonchev–Trinajstić information content (AvgIpc) is 2.61. The Morgan fingerprint density at radius 3 is 2.43 bits per heavy atom. The van der Waals surface area contributed by atoms with Crippen LogP contribution in [-0.2, 0) is 13.0 Å². The SMILES string of the molecule is COc1ccc(C(=O)NC(=O)N2CCc3ccccc3C2)cc1. The van der Waals surface area contributed by atoms with Gasteiger partial charge in [-0.05, 0) is 41.8 Å². The molecular formula is C18H18N2O3. The smallest absolute Gasteiger partial charge is 0.324 e. The zero-order valence-corrected chi connectivity index (χ0v) is 12.9. The van der Waals surface area contributed by atoms with E-state index in [-0.39, 0.29) is 6.03 Å². The van der Waals surface area contributed by atoms with Gasteiger partial charge in [0.05, 0.1) is 7.11 Å². The van der Waals surface area contributed by atoms with Crippen LogP contribution in [0.1, 0.15) is 21.5 Å². The van der Waals surface area contributed by atoms with Gasteiger partial charge in [0.2, 0.25) is 0 Å². The third-order valence-electron chi connectivity index (χ3n) is 3.99. The van der Waals surface area contributed by atoms with Gasteiger partial charge in [-0.15, -0.1) is 0 Å². The minimum absolute atomic E-state index is 0.361. The molecule has 0 atom stereocenters. The van der Waals surface area contributed by atoms with Gasteiger partial charge in [-0.2, -0.15) is 0 Å². The monoisotopic (exact) mass is 310 g/mol. The Kier molecular flexibility index (Phi) is 4.28. The third-order valence-corrected chi connectivity index (χ3v) is 3.99. The number of hydrogen-bond donors (Lipinski definition) is 1. The van der Waals surface area contributed by atoms with E-state index in [9.17, 15) is 9.59 Å². The van der Waals surface area contributed by atoms with Crippen molar-refractivity contribution in [2.45, 2.75) is 13.0 Å². The van der Waals surface area contributed by atoms with Crippen molar-refractivity contribution < 1.29 is 14.3 Å². The number of rotatable bonds is 2. The van der Waals surface area contributed by atoms with E-state index < -0.39 is 5.91 Å². The molecule has 0 saturated heterocycles. The molecule has 3 rings (SSSR count). The number of carbonyl (C=O) groups excluding carboxylic acids is 2. The summed E-state index contributed by atoms with van der Waals surface area (Å²) >= 11 is 0. The van der Waals surface area contributed by atoms with Crippen LogP contribution >= 0.6 is 0 Å². The number of imide groups is 1. The van der Waals surface area contributed by atoms with Gasteiger partial charge in [-0.25, -0.2) is 4.79 Å². The van der Waals surface area contributed by atoms with Crippen LogP contribution in [0.25, 0.3) is 0 Å². The number of nitrogens with zero attached hydrogens (tertiary/aromatic N) is 1. The normalized spacial score (nSPS) is 13.2. The molecule has 0 aliphatic carbocycles. The van der Waals surface area contributed by atoms with Crippen molar-refractivity contribution >= 4 is 11.9 Å². The van der Waals surface area contributed by atoms with Crippen molar-refractivity contribution in [1.29, 1.82) is 0 Å². The first-order valence-corrected chi connectivity index (χ1v) is 7.48. The van der Waals surface area contributed by atoms with E-state index >= 15 is 0 Å². The fourth-order valence-corrected chi connectivity index (χ4v) is 2.66. The molecule has 1 heterocycles. The second-order valence-corrected chi connectivity index (χ2v) is 5.43. The number of benzene rings is 2. The van der Waals surface area contributed by atoms with Gasteiger partial charge in [0.15, 0.2) is 0 Å². The lowest BCUT2D eigenvalue weighted by atomic mass is 10.0. The topological polar surface area (TPSA) is 58.6 Å². The van der Waals surface area contributed by atoms with E-state index in [0.29, 0.717) is 24.4 Å². The van der Waals surface area contributed by atoms with Gasteiger partial charge in [-0.1, -0.05) is 24.3 Å². The standard InChI is InChI=1S/C18H18N2O3/c1-23-16-8-6-14(7-9-16)17(21)19-18(22)20-11-10-13-4-2-3-5-15(13)12-20/h2-9H,10-12H2,1H3,(H,19,21,22). The Balaban J connectivity index is 1.64. The van der Waals surface area contributed by atoms with E-state index in [2.05, 4.69) is 11.4 Å². The summed E-state index contributed by atoms with van der Waals surface area (Å²) in [6, 6.07) is 14.3. The van der Waals surface area contributed by atoms with Gasteiger partial charge in [-0.3, -0.25) is 10.1 Å². The number of carbonyl (C=O) groups is 2. The van der Waals surface area contributed by atoms with Crippen LogP contribution < -0.4 is 10.1 Å². The molecule has 1 aliphatic rings. The molecule has 0 fully saturated rings. The van der Waals surface area contributed by atoms with Crippen molar-refractivity contribution in [3.63, 3.8) is 0 Å².